The molecule has 0 spiro atoms. The van der Waals surface area contributed by atoms with Crippen LogP contribution in [0.2, 0.25) is 0 Å². The Morgan fingerprint density at radius 2 is 2.25 bits per heavy atom. The molecule has 2 aromatic heterocycles. The van der Waals surface area contributed by atoms with Crippen molar-refractivity contribution in [1.82, 2.24) is 30.9 Å². The standard InChI is InChI=1S/C13H12N6O/c20-13(15-8-9-4-5-14-7-9)11-3-1-2-10(6-11)12-16-18-19-17-12/h1-7,14H,8H2,(H,15,20)(H,16,17,18,19). The molecule has 7 heteroatoms. The lowest BCUT2D eigenvalue weighted by Crippen LogP contribution is -2.22. The van der Waals surface area contributed by atoms with Gasteiger partial charge in [0.1, 0.15) is 0 Å². The third kappa shape index (κ3) is 2.56. The fourth-order valence-corrected chi connectivity index (χ4v) is 1.84. The first-order valence-electron chi connectivity index (χ1n) is 6.07. The van der Waals surface area contributed by atoms with E-state index >= 15 is 0 Å². The minimum atomic E-state index is -0.142. The summed E-state index contributed by atoms with van der Waals surface area (Å²) >= 11 is 0. The number of amides is 1. The van der Waals surface area contributed by atoms with E-state index < -0.39 is 0 Å². The number of nitrogens with zero attached hydrogens (tertiary/aromatic N) is 3. The van der Waals surface area contributed by atoms with Crippen LogP contribution in [0.5, 0.6) is 0 Å². The highest BCUT2D eigenvalue weighted by Gasteiger charge is 2.09. The SMILES string of the molecule is O=C(NCc1cc[nH]c1)c1cccc(-c2nn[nH]n2)c1. The molecule has 3 aromatic rings. The fraction of sp³-hybridized carbons (Fsp3) is 0.0769. The average Bonchev–Trinajstić information content (AvgIpc) is 3.18. The number of carbonyl (C=O) groups excluding carboxylic acids is 1. The normalized spacial score (nSPS) is 10.4. The van der Waals surface area contributed by atoms with Crippen molar-refractivity contribution in [1.29, 1.82) is 0 Å². The Morgan fingerprint density at radius 3 is 3.00 bits per heavy atom. The maximum Gasteiger partial charge on any atom is 0.251 e. The number of H-pyrrole nitrogens is 2. The quantitative estimate of drug-likeness (QED) is 0.660. The molecule has 3 N–H and O–H groups in total. The number of aromatic amines is 2. The molecule has 0 saturated carbocycles. The summed E-state index contributed by atoms with van der Waals surface area (Å²) in [5.41, 5.74) is 2.32. The zero-order chi connectivity index (χ0) is 13.8. The second-order valence-electron chi connectivity index (χ2n) is 4.22. The van der Waals surface area contributed by atoms with Crippen LogP contribution >= 0.6 is 0 Å². The molecule has 2 heterocycles. The summed E-state index contributed by atoms with van der Waals surface area (Å²) in [4.78, 5) is 15.0. The molecular weight excluding hydrogens is 256 g/mol. The number of tetrazole rings is 1. The first kappa shape index (κ1) is 12.1. The van der Waals surface area contributed by atoms with Gasteiger partial charge < -0.3 is 10.3 Å². The Balaban J connectivity index is 1.73. The van der Waals surface area contributed by atoms with Crippen LogP contribution in [0.4, 0.5) is 0 Å². The number of carbonyl (C=O) groups is 1. The Morgan fingerprint density at radius 1 is 1.30 bits per heavy atom. The molecule has 0 aliphatic rings. The molecule has 0 unspecified atom stereocenters. The molecule has 100 valence electrons. The van der Waals surface area contributed by atoms with E-state index in [2.05, 4.69) is 30.9 Å². The van der Waals surface area contributed by atoms with Gasteiger partial charge >= 0.3 is 0 Å². The van der Waals surface area contributed by atoms with Crippen LogP contribution in [0.1, 0.15) is 15.9 Å². The highest BCUT2D eigenvalue weighted by Crippen LogP contribution is 2.14. The van der Waals surface area contributed by atoms with Gasteiger partial charge in [-0.15, -0.1) is 10.2 Å². The summed E-state index contributed by atoms with van der Waals surface area (Å²) in [5, 5.41) is 16.5. The van der Waals surface area contributed by atoms with E-state index in [9.17, 15) is 4.79 Å². The molecular formula is C13H12N6O. The van der Waals surface area contributed by atoms with Gasteiger partial charge in [-0.3, -0.25) is 4.79 Å². The summed E-state index contributed by atoms with van der Waals surface area (Å²) in [7, 11) is 0. The summed E-state index contributed by atoms with van der Waals surface area (Å²) in [5.74, 6) is 0.321. The highest BCUT2D eigenvalue weighted by molar-refractivity contribution is 5.95. The predicted octanol–water partition coefficient (Wildman–Crippen LogP) is 1.12. The lowest BCUT2D eigenvalue weighted by atomic mass is 10.1. The average molecular weight is 268 g/mol. The Labute approximate surface area is 114 Å². The van der Waals surface area contributed by atoms with Crippen molar-refractivity contribution in [3.8, 4) is 11.4 Å². The van der Waals surface area contributed by atoms with Gasteiger partial charge in [0.15, 0.2) is 0 Å². The Bertz CT molecular complexity index is 689. The molecule has 3 rings (SSSR count). The van der Waals surface area contributed by atoms with E-state index in [1.54, 1.807) is 18.2 Å². The summed E-state index contributed by atoms with van der Waals surface area (Å²) in [6, 6.07) is 9.01. The number of hydrogen-bond acceptors (Lipinski definition) is 4. The van der Waals surface area contributed by atoms with E-state index in [4.69, 9.17) is 0 Å². The van der Waals surface area contributed by atoms with Crippen LogP contribution < -0.4 is 5.32 Å². The largest absolute Gasteiger partial charge is 0.367 e. The topological polar surface area (TPSA) is 99.4 Å². The van der Waals surface area contributed by atoms with Crippen molar-refractivity contribution in [2.24, 2.45) is 0 Å². The third-order valence-electron chi connectivity index (χ3n) is 2.84. The van der Waals surface area contributed by atoms with Gasteiger partial charge in [-0.05, 0) is 29.0 Å². The van der Waals surface area contributed by atoms with Crippen molar-refractivity contribution >= 4 is 5.91 Å². The van der Waals surface area contributed by atoms with Crippen LogP contribution in [0.3, 0.4) is 0 Å². The molecule has 7 nitrogen and oxygen atoms in total. The van der Waals surface area contributed by atoms with Crippen LogP contribution in [0, 0.1) is 0 Å². The van der Waals surface area contributed by atoms with E-state index in [1.165, 1.54) is 0 Å². The van der Waals surface area contributed by atoms with Gasteiger partial charge in [0.2, 0.25) is 5.82 Å². The molecule has 0 atom stereocenters. The van der Waals surface area contributed by atoms with E-state index in [0.29, 0.717) is 17.9 Å². The summed E-state index contributed by atoms with van der Waals surface area (Å²) < 4.78 is 0. The monoisotopic (exact) mass is 268 g/mol. The molecule has 0 bridgehead atoms. The first-order valence-corrected chi connectivity index (χ1v) is 6.07. The third-order valence-corrected chi connectivity index (χ3v) is 2.84. The van der Waals surface area contributed by atoms with Gasteiger partial charge in [-0.25, -0.2) is 0 Å². The second kappa shape index (κ2) is 5.35. The van der Waals surface area contributed by atoms with Crippen LogP contribution in [-0.4, -0.2) is 31.5 Å². The number of benzene rings is 1. The van der Waals surface area contributed by atoms with Crippen molar-refractivity contribution < 1.29 is 4.79 Å². The van der Waals surface area contributed by atoms with Gasteiger partial charge in [-0.1, -0.05) is 12.1 Å². The minimum Gasteiger partial charge on any atom is -0.367 e. The van der Waals surface area contributed by atoms with Crippen LogP contribution in [0.25, 0.3) is 11.4 Å². The molecule has 0 saturated heterocycles. The summed E-state index contributed by atoms with van der Waals surface area (Å²) in [6.45, 7) is 0.481. The molecule has 0 radical (unpaired) electrons. The number of rotatable bonds is 4. The zero-order valence-corrected chi connectivity index (χ0v) is 10.5. The molecule has 0 aliphatic heterocycles. The molecule has 1 amide bonds. The van der Waals surface area contributed by atoms with Crippen molar-refractivity contribution in [2.75, 3.05) is 0 Å². The maximum absolute atomic E-state index is 12.1. The first-order chi connectivity index (χ1) is 9.83. The van der Waals surface area contributed by atoms with Crippen molar-refractivity contribution in [2.45, 2.75) is 6.54 Å². The van der Waals surface area contributed by atoms with E-state index in [0.717, 1.165) is 11.1 Å². The molecule has 1 aromatic carbocycles. The number of nitrogens with one attached hydrogen (secondary N) is 3. The van der Waals surface area contributed by atoms with Crippen LogP contribution in [0.15, 0.2) is 42.7 Å². The fourth-order valence-electron chi connectivity index (χ4n) is 1.84. The Hall–Kier alpha value is -2.96. The van der Waals surface area contributed by atoms with Gasteiger partial charge in [0.05, 0.1) is 0 Å². The van der Waals surface area contributed by atoms with E-state index in [1.807, 2.05) is 24.5 Å². The van der Waals surface area contributed by atoms with Crippen molar-refractivity contribution in [3.05, 3.63) is 53.9 Å². The lowest BCUT2D eigenvalue weighted by molar-refractivity contribution is 0.0951. The molecule has 0 aliphatic carbocycles. The van der Waals surface area contributed by atoms with Gasteiger partial charge in [0, 0.05) is 30.1 Å². The highest BCUT2D eigenvalue weighted by atomic mass is 16.1. The summed E-state index contributed by atoms with van der Waals surface area (Å²) in [6.07, 6.45) is 3.66. The van der Waals surface area contributed by atoms with Gasteiger partial charge in [-0.2, -0.15) is 5.21 Å². The lowest BCUT2D eigenvalue weighted by Gasteiger charge is -2.04. The molecule has 20 heavy (non-hydrogen) atoms. The van der Waals surface area contributed by atoms with Crippen molar-refractivity contribution in [3.63, 3.8) is 0 Å². The number of aromatic nitrogens is 5. The Kier molecular flexibility index (Phi) is 3.24. The second-order valence-corrected chi connectivity index (χ2v) is 4.22. The molecule has 0 fully saturated rings. The maximum atomic E-state index is 12.1. The smallest absolute Gasteiger partial charge is 0.251 e. The van der Waals surface area contributed by atoms with Gasteiger partial charge in [0.25, 0.3) is 5.91 Å². The minimum absolute atomic E-state index is 0.142. The number of hydrogen-bond donors (Lipinski definition) is 3. The zero-order valence-electron chi connectivity index (χ0n) is 10.5. The van der Waals surface area contributed by atoms with E-state index in [-0.39, 0.29) is 5.91 Å². The predicted molar refractivity (Wildman–Crippen MR) is 71.6 cm³/mol. The van der Waals surface area contributed by atoms with Crippen LogP contribution in [-0.2, 0) is 6.54 Å².